The lowest BCUT2D eigenvalue weighted by atomic mass is 10.5. The van der Waals surface area contributed by atoms with Gasteiger partial charge in [-0.05, 0) is 6.54 Å². The van der Waals surface area contributed by atoms with Crippen molar-refractivity contribution in [3.05, 3.63) is 0 Å². The van der Waals surface area contributed by atoms with Crippen LogP contribution in [-0.4, -0.2) is 10.3 Å². The van der Waals surface area contributed by atoms with E-state index in [1.807, 2.05) is 0 Å². The fourth-order valence-corrected chi connectivity index (χ4v) is 0.491. The zero-order valence-corrected chi connectivity index (χ0v) is 5.89. The maximum atomic E-state index is 5.28. The fraction of sp³-hybridized carbons (Fsp3) is 1.00. The van der Waals surface area contributed by atoms with E-state index >= 15 is 0 Å². The lowest BCUT2D eigenvalue weighted by molar-refractivity contribution is 0.864. The molecule has 1 nitrogen and oxygen atoms in total. The Morgan fingerprint density at radius 2 is 1.71 bits per heavy atom. The molecule has 0 aromatic rings. The van der Waals surface area contributed by atoms with Crippen LogP contribution in [0.25, 0.3) is 0 Å². The molecule has 0 aliphatic rings. The van der Waals surface area contributed by atoms with Crippen LogP contribution < -0.4 is 5.73 Å². The molecule has 0 rings (SSSR count). The van der Waals surface area contributed by atoms with Crippen LogP contribution in [0.4, 0.5) is 0 Å². The summed E-state index contributed by atoms with van der Waals surface area (Å²) in [5, 5.41) is 0. The monoisotopic (exact) mass is 161 g/mol. The van der Waals surface area contributed by atoms with Crippen molar-refractivity contribution in [2.45, 2.75) is 10.2 Å². The second kappa shape index (κ2) is 2.98. The van der Waals surface area contributed by atoms with Crippen molar-refractivity contribution in [3.63, 3.8) is 0 Å². The Morgan fingerprint density at radius 3 is 1.71 bits per heavy atom. The topological polar surface area (TPSA) is 26.0 Å². The summed E-state index contributed by atoms with van der Waals surface area (Å²) in [6.45, 7) is 0.413. The summed E-state index contributed by atoms with van der Waals surface area (Å²) in [7, 11) is 0. The van der Waals surface area contributed by atoms with Gasteiger partial charge in [-0.1, -0.05) is 34.8 Å². The van der Waals surface area contributed by atoms with Crippen LogP contribution in [0, 0.1) is 0 Å². The largest absolute Gasteiger partial charge is 0.330 e. The molecule has 0 radical (unpaired) electrons. The molecule has 0 heterocycles. The van der Waals surface area contributed by atoms with Crippen LogP contribution >= 0.6 is 34.8 Å². The third-order valence-electron chi connectivity index (χ3n) is 0.428. The Balaban J connectivity index is 3.15. The first-order chi connectivity index (χ1) is 3.06. The van der Waals surface area contributed by atoms with Crippen molar-refractivity contribution in [1.82, 2.24) is 0 Å². The zero-order valence-electron chi connectivity index (χ0n) is 3.63. The number of rotatable bonds is 1. The van der Waals surface area contributed by atoms with Crippen molar-refractivity contribution in [2.24, 2.45) is 5.73 Å². The van der Waals surface area contributed by atoms with E-state index in [1.165, 1.54) is 0 Å². The van der Waals surface area contributed by atoms with E-state index < -0.39 is 3.79 Å². The first-order valence-electron chi connectivity index (χ1n) is 1.83. The van der Waals surface area contributed by atoms with Gasteiger partial charge < -0.3 is 5.73 Å². The van der Waals surface area contributed by atoms with E-state index in [1.54, 1.807) is 0 Å². The van der Waals surface area contributed by atoms with Crippen molar-refractivity contribution in [3.8, 4) is 0 Å². The summed E-state index contributed by atoms with van der Waals surface area (Å²) in [6.07, 6.45) is 0.414. The van der Waals surface area contributed by atoms with Crippen LogP contribution in [0.15, 0.2) is 0 Å². The minimum atomic E-state index is -1.16. The maximum Gasteiger partial charge on any atom is 0.191 e. The number of hydrogen-bond acceptors (Lipinski definition) is 1. The molecular weight excluding hydrogens is 156 g/mol. The molecule has 0 aromatic heterocycles. The Hall–Kier alpha value is 0.830. The van der Waals surface area contributed by atoms with Crippen LogP contribution in [-0.2, 0) is 0 Å². The predicted octanol–water partition coefficient (Wildman–Crippen LogP) is 1.71. The number of halogens is 3. The van der Waals surface area contributed by atoms with Gasteiger partial charge in [-0.15, -0.1) is 0 Å². The summed E-state index contributed by atoms with van der Waals surface area (Å²) in [5.74, 6) is 0. The van der Waals surface area contributed by atoms with E-state index in [2.05, 4.69) is 0 Å². The molecule has 2 N–H and O–H groups in total. The van der Waals surface area contributed by atoms with E-state index in [0.717, 1.165) is 0 Å². The normalized spacial score (nSPS) is 12.0. The second-order valence-electron chi connectivity index (χ2n) is 1.15. The lowest BCUT2D eigenvalue weighted by Crippen LogP contribution is -2.10. The fourth-order valence-electron chi connectivity index (χ4n) is 0.164. The van der Waals surface area contributed by atoms with Gasteiger partial charge in [0.15, 0.2) is 3.79 Å². The molecule has 0 aliphatic heterocycles. The summed E-state index contributed by atoms with van der Waals surface area (Å²) in [6, 6.07) is 0. The van der Waals surface area contributed by atoms with Gasteiger partial charge in [0.1, 0.15) is 0 Å². The number of alkyl halides is 3. The van der Waals surface area contributed by atoms with Gasteiger partial charge in [0.25, 0.3) is 0 Å². The number of hydrogen-bond donors (Lipinski definition) is 1. The first-order valence-corrected chi connectivity index (χ1v) is 2.96. The molecule has 0 unspecified atom stereocenters. The highest BCUT2D eigenvalue weighted by Gasteiger charge is 2.16. The third kappa shape index (κ3) is 6.83. The molecule has 4 heteroatoms. The highest BCUT2D eigenvalue weighted by Crippen LogP contribution is 2.28. The summed E-state index contributed by atoms with van der Waals surface area (Å²) < 4.78 is -1.16. The van der Waals surface area contributed by atoms with Crippen molar-refractivity contribution in [2.75, 3.05) is 6.54 Å². The first kappa shape index (κ1) is 7.83. The minimum Gasteiger partial charge on any atom is -0.330 e. The SMILES string of the molecule is NCCC(Cl)(Cl)Cl. The molecule has 0 atom stereocenters. The molecule has 0 aliphatic carbocycles. The molecular formula is C3H6Cl3N. The average molecular weight is 162 g/mol. The molecule has 0 amide bonds. The molecule has 0 spiro atoms. The second-order valence-corrected chi connectivity index (χ2v) is 3.67. The van der Waals surface area contributed by atoms with Gasteiger partial charge in [-0.3, -0.25) is 0 Å². The Kier molecular flexibility index (Phi) is 3.33. The van der Waals surface area contributed by atoms with Gasteiger partial charge >= 0.3 is 0 Å². The quantitative estimate of drug-likeness (QED) is 0.584. The Bertz CT molecular complexity index is 48.6. The molecule has 0 bridgehead atoms. The number of nitrogens with two attached hydrogens (primary N) is 1. The smallest absolute Gasteiger partial charge is 0.191 e. The molecule has 7 heavy (non-hydrogen) atoms. The third-order valence-corrected chi connectivity index (χ3v) is 0.995. The summed E-state index contributed by atoms with van der Waals surface area (Å²) >= 11 is 15.9. The Morgan fingerprint density at radius 1 is 1.29 bits per heavy atom. The van der Waals surface area contributed by atoms with Gasteiger partial charge in [0.05, 0.1) is 0 Å². The van der Waals surface area contributed by atoms with Crippen LogP contribution in [0.3, 0.4) is 0 Å². The molecule has 0 saturated heterocycles. The molecule has 0 saturated carbocycles. The maximum absolute atomic E-state index is 5.28. The van der Waals surface area contributed by atoms with Crippen molar-refractivity contribution in [1.29, 1.82) is 0 Å². The molecule has 44 valence electrons. The molecule has 0 aromatic carbocycles. The lowest BCUT2D eigenvalue weighted by Gasteiger charge is -2.05. The molecule has 0 fully saturated rings. The van der Waals surface area contributed by atoms with Crippen molar-refractivity contribution < 1.29 is 0 Å². The van der Waals surface area contributed by atoms with E-state index in [-0.39, 0.29) is 0 Å². The van der Waals surface area contributed by atoms with E-state index in [0.29, 0.717) is 13.0 Å². The van der Waals surface area contributed by atoms with Gasteiger partial charge in [0.2, 0.25) is 0 Å². The van der Waals surface area contributed by atoms with E-state index in [9.17, 15) is 0 Å². The summed E-state index contributed by atoms with van der Waals surface area (Å²) in [4.78, 5) is 0. The average Bonchev–Trinajstić information content (AvgIpc) is 1.30. The predicted molar refractivity (Wildman–Crippen MR) is 34.0 cm³/mol. The minimum absolute atomic E-state index is 0.413. The van der Waals surface area contributed by atoms with Gasteiger partial charge in [0, 0.05) is 6.42 Å². The summed E-state index contributed by atoms with van der Waals surface area (Å²) in [5.41, 5.74) is 5.06. The highest BCUT2D eigenvalue weighted by atomic mass is 35.6. The van der Waals surface area contributed by atoms with Crippen LogP contribution in [0.5, 0.6) is 0 Å². The zero-order chi connectivity index (χ0) is 5.91. The van der Waals surface area contributed by atoms with Crippen LogP contribution in [0.1, 0.15) is 6.42 Å². The van der Waals surface area contributed by atoms with E-state index in [4.69, 9.17) is 40.5 Å². The van der Waals surface area contributed by atoms with Gasteiger partial charge in [-0.2, -0.15) is 0 Å². The van der Waals surface area contributed by atoms with Crippen molar-refractivity contribution >= 4 is 34.8 Å². The van der Waals surface area contributed by atoms with Crippen LogP contribution in [0.2, 0.25) is 0 Å². The standard InChI is InChI=1S/C3H6Cl3N/c4-3(5,6)1-2-7/h1-2,7H2. The Labute approximate surface area is 57.7 Å². The van der Waals surface area contributed by atoms with Gasteiger partial charge in [-0.25, -0.2) is 0 Å². The highest BCUT2D eigenvalue weighted by molar-refractivity contribution is 6.67.